The molecular formula is C14H14ClNO2. The average Bonchev–Trinajstić information content (AvgIpc) is 2.37. The molecule has 0 aliphatic rings. The van der Waals surface area contributed by atoms with Crippen molar-refractivity contribution in [3.8, 4) is 11.5 Å². The highest BCUT2D eigenvalue weighted by atomic mass is 35.5. The fraction of sp³-hybridized carbons (Fsp3) is 0.143. The SMILES string of the molecule is NCc1cccc(Cl)c1OCc1cccc(O)c1. The van der Waals surface area contributed by atoms with Crippen LogP contribution in [0.3, 0.4) is 0 Å². The fourth-order valence-corrected chi connectivity index (χ4v) is 1.93. The van der Waals surface area contributed by atoms with Crippen LogP contribution in [-0.4, -0.2) is 5.11 Å². The maximum atomic E-state index is 9.36. The molecule has 0 fully saturated rings. The van der Waals surface area contributed by atoms with Crippen LogP contribution in [0.4, 0.5) is 0 Å². The van der Waals surface area contributed by atoms with Gasteiger partial charge in [-0.25, -0.2) is 0 Å². The van der Waals surface area contributed by atoms with Crippen molar-refractivity contribution in [1.29, 1.82) is 0 Å². The second-order valence-corrected chi connectivity index (χ2v) is 4.30. The molecule has 94 valence electrons. The number of hydrogen-bond donors (Lipinski definition) is 2. The zero-order valence-electron chi connectivity index (χ0n) is 9.77. The van der Waals surface area contributed by atoms with Gasteiger partial charge in [0.05, 0.1) is 5.02 Å². The van der Waals surface area contributed by atoms with E-state index in [-0.39, 0.29) is 5.75 Å². The van der Waals surface area contributed by atoms with Crippen molar-refractivity contribution in [2.75, 3.05) is 0 Å². The van der Waals surface area contributed by atoms with E-state index in [0.29, 0.717) is 23.9 Å². The van der Waals surface area contributed by atoms with Gasteiger partial charge in [0.2, 0.25) is 0 Å². The lowest BCUT2D eigenvalue weighted by Gasteiger charge is -2.12. The van der Waals surface area contributed by atoms with Gasteiger partial charge < -0.3 is 15.6 Å². The summed E-state index contributed by atoms with van der Waals surface area (Å²) in [5, 5.41) is 9.90. The number of rotatable bonds is 4. The molecule has 0 aliphatic carbocycles. The van der Waals surface area contributed by atoms with Gasteiger partial charge in [0.25, 0.3) is 0 Å². The lowest BCUT2D eigenvalue weighted by molar-refractivity contribution is 0.302. The summed E-state index contributed by atoms with van der Waals surface area (Å²) in [6.07, 6.45) is 0. The Morgan fingerprint density at radius 2 is 1.94 bits per heavy atom. The first-order valence-corrected chi connectivity index (χ1v) is 5.96. The quantitative estimate of drug-likeness (QED) is 0.891. The largest absolute Gasteiger partial charge is 0.508 e. The Morgan fingerprint density at radius 3 is 2.67 bits per heavy atom. The second-order valence-electron chi connectivity index (χ2n) is 3.89. The van der Waals surface area contributed by atoms with Crippen LogP contribution in [0.25, 0.3) is 0 Å². The number of phenolic OH excluding ortho intramolecular Hbond substituents is 1. The highest BCUT2D eigenvalue weighted by Gasteiger charge is 2.07. The molecule has 2 aromatic carbocycles. The Morgan fingerprint density at radius 1 is 1.17 bits per heavy atom. The lowest BCUT2D eigenvalue weighted by Crippen LogP contribution is -2.03. The molecule has 3 nitrogen and oxygen atoms in total. The third kappa shape index (κ3) is 2.94. The monoisotopic (exact) mass is 263 g/mol. The van der Waals surface area contributed by atoms with E-state index >= 15 is 0 Å². The number of benzene rings is 2. The summed E-state index contributed by atoms with van der Waals surface area (Å²) >= 11 is 6.08. The lowest BCUT2D eigenvalue weighted by atomic mass is 10.2. The Kier molecular flexibility index (Phi) is 4.07. The average molecular weight is 264 g/mol. The Balaban J connectivity index is 2.15. The normalized spacial score (nSPS) is 10.3. The standard InChI is InChI=1S/C14H14ClNO2/c15-13-6-2-4-11(8-16)14(13)18-9-10-3-1-5-12(17)7-10/h1-7,17H,8-9,16H2. The van der Waals surface area contributed by atoms with Gasteiger partial charge in [-0.3, -0.25) is 0 Å². The van der Waals surface area contributed by atoms with Crippen molar-refractivity contribution in [2.45, 2.75) is 13.2 Å². The van der Waals surface area contributed by atoms with Crippen molar-refractivity contribution in [3.05, 3.63) is 58.6 Å². The van der Waals surface area contributed by atoms with Crippen LogP contribution in [0.5, 0.6) is 11.5 Å². The molecule has 0 atom stereocenters. The van der Waals surface area contributed by atoms with E-state index in [1.807, 2.05) is 18.2 Å². The van der Waals surface area contributed by atoms with Crippen LogP contribution in [-0.2, 0) is 13.2 Å². The first-order chi connectivity index (χ1) is 8.70. The Hall–Kier alpha value is -1.71. The Labute approximate surface area is 111 Å². The summed E-state index contributed by atoms with van der Waals surface area (Å²) in [4.78, 5) is 0. The number of ether oxygens (including phenoxy) is 1. The van der Waals surface area contributed by atoms with Crippen molar-refractivity contribution in [1.82, 2.24) is 0 Å². The fourth-order valence-electron chi connectivity index (χ4n) is 1.68. The van der Waals surface area contributed by atoms with Crippen LogP contribution >= 0.6 is 11.6 Å². The minimum Gasteiger partial charge on any atom is -0.508 e. The highest BCUT2D eigenvalue weighted by molar-refractivity contribution is 6.32. The first kappa shape index (κ1) is 12.7. The van der Waals surface area contributed by atoms with Gasteiger partial charge in [0.1, 0.15) is 18.1 Å². The molecule has 18 heavy (non-hydrogen) atoms. The predicted molar refractivity (Wildman–Crippen MR) is 71.8 cm³/mol. The third-order valence-corrected chi connectivity index (χ3v) is 2.86. The van der Waals surface area contributed by atoms with Gasteiger partial charge in [-0.05, 0) is 23.8 Å². The molecule has 0 saturated heterocycles. The van der Waals surface area contributed by atoms with Crippen LogP contribution in [0.15, 0.2) is 42.5 Å². The number of aromatic hydroxyl groups is 1. The number of hydrogen-bond acceptors (Lipinski definition) is 3. The third-order valence-electron chi connectivity index (χ3n) is 2.56. The molecular weight excluding hydrogens is 250 g/mol. The van der Waals surface area contributed by atoms with Crippen molar-refractivity contribution < 1.29 is 9.84 Å². The summed E-state index contributed by atoms with van der Waals surface area (Å²) in [5.41, 5.74) is 7.37. The minimum atomic E-state index is 0.217. The molecule has 0 saturated carbocycles. The number of halogens is 1. The number of para-hydroxylation sites is 1. The van der Waals surface area contributed by atoms with Gasteiger partial charge in [-0.15, -0.1) is 0 Å². The van der Waals surface area contributed by atoms with E-state index in [1.165, 1.54) is 0 Å². The smallest absolute Gasteiger partial charge is 0.142 e. The van der Waals surface area contributed by atoms with E-state index in [2.05, 4.69) is 0 Å². The van der Waals surface area contributed by atoms with Crippen LogP contribution < -0.4 is 10.5 Å². The van der Waals surface area contributed by atoms with Gasteiger partial charge in [0.15, 0.2) is 0 Å². The van der Waals surface area contributed by atoms with Gasteiger partial charge in [0, 0.05) is 12.1 Å². The molecule has 0 aliphatic heterocycles. The molecule has 2 aromatic rings. The Bertz CT molecular complexity index is 543. The van der Waals surface area contributed by atoms with E-state index in [4.69, 9.17) is 22.1 Å². The zero-order chi connectivity index (χ0) is 13.0. The predicted octanol–water partition coefficient (Wildman–Crippen LogP) is 3.08. The molecule has 0 unspecified atom stereocenters. The van der Waals surface area contributed by atoms with E-state index in [1.54, 1.807) is 24.3 Å². The zero-order valence-corrected chi connectivity index (χ0v) is 10.5. The molecule has 2 rings (SSSR count). The van der Waals surface area contributed by atoms with E-state index < -0.39 is 0 Å². The molecule has 0 bridgehead atoms. The summed E-state index contributed by atoms with van der Waals surface area (Å²) in [5.74, 6) is 0.819. The van der Waals surface area contributed by atoms with Crippen LogP contribution in [0.1, 0.15) is 11.1 Å². The van der Waals surface area contributed by atoms with Crippen LogP contribution in [0.2, 0.25) is 5.02 Å². The van der Waals surface area contributed by atoms with Crippen molar-refractivity contribution >= 4 is 11.6 Å². The van der Waals surface area contributed by atoms with Gasteiger partial charge in [-0.2, -0.15) is 0 Å². The highest BCUT2D eigenvalue weighted by Crippen LogP contribution is 2.29. The minimum absolute atomic E-state index is 0.217. The van der Waals surface area contributed by atoms with Gasteiger partial charge in [-0.1, -0.05) is 35.9 Å². The van der Waals surface area contributed by atoms with E-state index in [9.17, 15) is 5.11 Å². The summed E-state index contributed by atoms with van der Waals surface area (Å²) in [6.45, 7) is 0.709. The van der Waals surface area contributed by atoms with Crippen molar-refractivity contribution in [2.24, 2.45) is 5.73 Å². The molecule has 4 heteroatoms. The number of nitrogens with two attached hydrogens (primary N) is 1. The number of phenols is 1. The summed E-state index contributed by atoms with van der Waals surface area (Å²) < 4.78 is 5.68. The molecule has 0 radical (unpaired) electrons. The van der Waals surface area contributed by atoms with Crippen molar-refractivity contribution in [3.63, 3.8) is 0 Å². The molecule has 0 amide bonds. The maximum Gasteiger partial charge on any atom is 0.142 e. The molecule has 3 N–H and O–H groups in total. The second kappa shape index (κ2) is 5.76. The first-order valence-electron chi connectivity index (χ1n) is 5.59. The van der Waals surface area contributed by atoms with Gasteiger partial charge >= 0.3 is 0 Å². The molecule has 0 heterocycles. The molecule has 0 aromatic heterocycles. The van der Waals surface area contributed by atoms with E-state index in [0.717, 1.165) is 11.1 Å². The topological polar surface area (TPSA) is 55.5 Å². The van der Waals surface area contributed by atoms with Crippen LogP contribution in [0, 0.1) is 0 Å². The molecule has 0 spiro atoms. The summed E-state index contributed by atoms with van der Waals surface area (Å²) in [7, 11) is 0. The maximum absolute atomic E-state index is 9.36. The summed E-state index contributed by atoms with van der Waals surface area (Å²) in [6, 6.07) is 12.4.